The summed E-state index contributed by atoms with van der Waals surface area (Å²) >= 11 is 0. The van der Waals surface area contributed by atoms with Gasteiger partial charge in [0.25, 0.3) is 0 Å². The zero-order chi connectivity index (χ0) is 29.8. The van der Waals surface area contributed by atoms with Crippen LogP contribution in [-0.2, 0) is 50.6 Å². The molecule has 10 nitrogen and oxygen atoms in total. The minimum atomic E-state index is -3.69. The first-order chi connectivity index (χ1) is 18.8. The molecule has 220 valence electrons. The van der Waals surface area contributed by atoms with Crippen molar-refractivity contribution in [3.05, 3.63) is 83.9 Å². The Bertz CT molecular complexity index is 1220. The van der Waals surface area contributed by atoms with Crippen molar-refractivity contribution < 1.29 is 35.9 Å². The Morgan fingerprint density at radius 2 is 0.975 bits per heavy atom. The predicted molar refractivity (Wildman–Crippen MR) is 153 cm³/mol. The topological polar surface area (TPSA) is 145 Å². The van der Waals surface area contributed by atoms with E-state index in [-0.39, 0.29) is 36.6 Å². The number of benzene rings is 2. The monoisotopic (exact) mass is 594 g/mol. The number of esters is 2. The van der Waals surface area contributed by atoms with Crippen LogP contribution in [0.5, 0.6) is 0 Å². The number of nitrogens with one attached hydrogen (secondary N) is 2. The van der Waals surface area contributed by atoms with E-state index in [2.05, 4.69) is 9.44 Å². The molecule has 0 aliphatic heterocycles. The van der Waals surface area contributed by atoms with Gasteiger partial charge in [-0.1, -0.05) is 88.4 Å². The molecule has 0 aromatic heterocycles. The Morgan fingerprint density at radius 1 is 0.650 bits per heavy atom. The molecule has 0 spiro atoms. The van der Waals surface area contributed by atoms with E-state index in [1.165, 1.54) is 0 Å². The number of rotatable bonds is 16. The van der Waals surface area contributed by atoms with Gasteiger partial charge in [0.2, 0.25) is 20.0 Å². The van der Waals surface area contributed by atoms with Gasteiger partial charge >= 0.3 is 11.9 Å². The molecule has 2 aromatic carbocycles. The molecule has 2 rings (SSSR count). The van der Waals surface area contributed by atoms with Gasteiger partial charge in [0, 0.05) is 12.2 Å². The molecule has 2 atom stereocenters. The van der Waals surface area contributed by atoms with Gasteiger partial charge in [0.1, 0.15) is 13.2 Å². The van der Waals surface area contributed by atoms with E-state index < -0.39 is 44.1 Å². The number of carbonyl (C=O) groups is 2. The average molecular weight is 595 g/mol. The van der Waals surface area contributed by atoms with Gasteiger partial charge in [0.05, 0.1) is 23.6 Å². The van der Waals surface area contributed by atoms with Gasteiger partial charge in [-0.05, 0) is 23.0 Å². The average Bonchev–Trinajstić information content (AvgIpc) is 2.88. The minimum Gasteiger partial charge on any atom is -0.461 e. The zero-order valence-electron chi connectivity index (χ0n) is 23.1. The van der Waals surface area contributed by atoms with Crippen LogP contribution < -0.4 is 9.44 Å². The number of carbonyl (C=O) groups excluding carboxylic acids is 2. The lowest BCUT2D eigenvalue weighted by molar-refractivity contribution is -0.141. The molecule has 0 aliphatic carbocycles. The summed E-state index contributed by atoms with van der Waals surface area (Å²) < 4.78 is 65.6. The molecule has 40 heavy (non-hydrogen) atoms. The molecule has 2 N–H and O–H groups in total. The third kappa shape index (κ3) is 12.9. The van der Waals surface area contributed by atoms with Crippen LogP contribution in [-0.4, -0.2) is 54.1 Å². The molecule has 0 heterocycles. The summed E-state index contributed by atoms with van der Waals surface area (Å²) in [4.78, 5) is 24.3. The second-order valence-corrected chi connectivity index (χ2v) is 13.5. The third-order valence-corrected chi connectivity index (χ3v) is 8.59. The maximum absolute atomic E-state index is 12.6. The van der Waals surface area contributed by atoms with Crippen molar-refractivity contribution in [1.82, 2.24) is 9.44 Å². The Kier molecular flexibility index (Phi) is 13.0. The number of hydrogen-bond acceptors (Lipinski definition) is 8. The summed E-state index contributed by atoms with van der Waals surface area (Å²) in [6, 6.07) is 16.0. The Balaban J connectivity index is 1.84. The van der Waals surface area contributed by atoms with Crippen molar-refractivity contribution in [3.63, 3.8) is 0 Å². The van der Waals surface area contributed by atoms with Gasteiger partial charge in [0.15, 0.2) is 0 Å². The summed E-state index contributed by atoms with van der Waals surface area (Å²) in [5.41, 5.74) is 1.25. The highest BCUT2D eigenvalue weighted by Gasteiger charge is 2.24. The molecule has 0 saturated carbocycles. The largest absolute Gasteiger partial charge is 0.461 e. The fourth-order valence-corrected chi connectivity index (χ4v) is 6.47. The van der Waals surface area contributed by atoms with Crippen LogP contribution >= 0.6 is 0 Å². The van der Waals surface area contributed by atoms with E-state index >= 15 is 0 Å². The molecule has 0 amide bonds. The van der Waals surface area contributed by atoms with Gasteiger partial charge in [-0.3, -0.25) is 0 Å². The maximum atomic E-state index is 12.6. The molecule has 0 saturated heterocycles. The predicted octanol–water partition coefficient (Wildman–Crippen LogP) is 2.92. The first-order valence-electron chi connectivity index (χ1n) is 12.9. The van der Waals surface area contributed by atoms with E-state index in [4.69, 9.17) is 9.47 Å². The summed E-state index contributed by atoms with van der Waals surface area (Å²) in [5, 5.41) is 0. The molecule has 0 aliphatic rings. The van der Waals surface area contributed by atoms with Crippen LogP contribution in [0.3, 0.4) is 0 Å². The molecule has 0 radical (unpaired) electrons. The molecule has 0 fully saturated rings. The van der Waals surface area contributed by atoms with Crippen LogP contribution in [0.1, 0.15) is 38.8 Å². The highest BCUT2D eigenvalue weighted by atomic mass is 32.2. The number of hydrogen-bond donors (Lipinski definition) is 2. The van der Waals surface area contributed by atoms with Crippen molar-refractivity contribution in [2.75, 3.05) is 13.2 Å². The van der Waals surface area contributed by atoms with E-state index in [1.54, 1.807) is 88.4 Å². The van der Waals surface area contributed by atoms with Crippen LogP contribution in [0.25, 0.3) is 0 Å². The smallest absolute Gasteiger partial charge is 0.331 e. The normalized spacial score (nSPS) is 13.8. The summed E-state index contributed by atoms with van der Waals surface area (Å²) in [6.45, 7) is 6.68. The first kappa shape index (κ1) is 33.1. The van der Waals surface area contributed by atoms with E-state index in [9.17, 15) is 26.4 Å². The van der Waals surface area contributed by atoms with Gasteiger partial charge in [-0.25, -0.2) is 35.9 Å². The van der Waals surface area contributed by atoms with E-state index in [0.717, 1.165) is 12.2 Å². The quantitative estimate of drug-likeness (QED) is 0.223. The Morgan fingerprint density at radius 3 is 1.27 bits per heavy atom. The van der Waals surface area contributed by atoms with E-state index in [1.807, 2.05) is 0 Å². The van der Waals surface area contributed by atoms with Crippen molar-refractivity contribution in [3.8, 4) is 0 Å². The van der Waals surface area contributed by atoms with Crippen molar-refractivity contribution in [2.24, 2.45) is 11.8 Å². The molecule has 12 heteroatoms. The molecule has 2 aromatic rings. The van der Waals surface area contributed by atoms with Gasteiger partial charge in [-0.15, -0.1) is 0 Å². The Hall–Kier alpha value is -3.06. The first-order valence-corrected chi connectivity index (χ1v) is 16.2. The SMILES string of the molecule is CC(C)[C@H](COC(=O)/C=C/C(=O)OC[C@H](NS(=O)(=O)Cc1ccccc1)C(C)C)NS(=O)(=O)Cc1ccccc1. The van der Waals surface area contributed by atoms with Gasteiger partial charge < -0.3 is 9.47 Å². The Labute approximate surface area is 237 Å². The van der Waals surface area contributed by atoms with E-state index in [0.29, 0.717) is 11.1 Å². The number of sulfonamides is 2. The van der Waals surface area contributed by atoms with Crippen LogP contribution in [0.4, 0.5) is 0 Å². The number of ether oxygens (including phenoxy) is 2. The standard InChI is InChI=1S/C28H38N2O8S2/c1-21(2)25(29-39(33,34)19-23-11-7-5-8-12-23)17-37-27(31)15-16-28(32)38-18-26(22(3)4)30-40(35,36)20-24-13-9-6-10-14-24/h5-16,21-22,25-26,29-30H,17-20H2,1-4H3/b16-15+/t25-,26-/m0/s1. The van der Waals surface area contributed by atoms with Crippen molar-refractivity contribution >= 4 is 32.0 Å². The van der Waals surface area contributed by atoms with Crippen molar-refractivity contribution in [1.29, 1.82) is 0 Å². The fraction of sp³-hybridized carbons (Fsp3) is 0.429. The lowest BCUT2D eigenvalue weighted by Gasteiger charge is -2.22. The molecular weight excluding hydrogens is 556 g/mol. The molecular formula is C28H38N2O8S2. The van der Waals surface area contributed by atoms with Crippen LogP contribution in [0.2, 0.25) is 0 Å². The molecule has 0 bridgehead atoms. The highest BCUT2D eigenvalue weighted by molar-refractivity contribution is 7.89. The minimum absolute atomic E-state index is 0.175. The highest BCUT2D eigenvalue weighted by Crippen LogP contribution is 2.11. The van der Waals surface area contributed by atoms with Gasteiger partial charge in [-0.2, -0.15) is 0 Å². The fourth-order valence-electron chi connectivity index (χ4n) is 3.43. The molecule has 0 unspecified atom stereocenters. The maximum Gasteiger partial charge on any atom is 0.331 e. The summed E-state index contributed by atoms with van der Waals surface area (Å²) in [6.07, 6.45) is 1.75. The third-order valence-electron chi connectivity index (χ3n) is 5.84. The van der Waals surface area contributed by atoms with Crippen molar-refractivity contribution in [2.45, 2.75) is 51.3 Å². The van der Waals surface area contributed by atoms with Crippen LogP contribution in [0, 0.1) is 11.8 Å². The zero-order valence-corrected chi connectivity index (χ0v) is 24.8. The second kappa shape index (κ2) is 15.7. The second-order valence-electron chi connectivity index (χ2n) is 10.0. The summed E-state index contributed by atoms with van der Waals surface area (Å²) in [5.74, 6) is -2.48. The lowest BCUT2D eigenvalue weighted by atomic mass is 10.1. The lowest BCUT2D eigenvalue weighted by Crippen LogP contribution is -2.42. The van der Waals surface area contributed by atoms with Crippen LogP contribution in [0.15, 0.2) is 72.8 Å². The summed E-state index contributed by atoms with van der Waals surface area (Å²) in [7, 11) is -7.38.